The predicted octanol–water partition coefficient (Wildman–Crippen LogP) is 1.19. The van der Waals surface area contributed by atoms with Gasteiger partial charge in [0.1, 0.15) is 5.82 Å². The molecule has 2 heterocycles. The molecule has 0 bridgehead atoms. The van der Waals surface area contributed by atoms with E-state index in [4.69, 9.17) is 15.7 Å². The highest BCUT2D eigenvalue weighted by atomic mass is 19.1. The number of allylic oxidation sites excluding steroid dienone is 1. The van der Waals surface area contributed by atoms with Crippen LogP contribution in [-0.4, -0.2) is 42.1 Å². The Bertz CT molecular complexity index is 749. The summed E-state index contributed by atoms with van der Waals surface area (Å²) in [7, 11) is 0. The van der Waals surface area contributed by atoms with Crippen molar-refractivity contribution in [3.8, 4) is 0 Å². The quantitative estimate of drug-likeness (QED) is 0.637. The maximum Gasteiger partial charge on any atom is 0.415 e. The average molecular weight is 334 g/mol. The van der Waals surface area contributed by atoms with Gasteiger partial charge in [-0.15, -0.1) is 0 Å². The van der Waals surface area contributed by atoms with Gasteiger partial charge in [-0.2, -0.15) is 0 Å². The summed E-state index contributed by atoms with van der Waals surface area (Å²) < 4.78 is 19.3. The minimum Gasteiger partial charge on any atom is -0.434 e. The molecule has 24 heavy (non-hydrogen) atoms. The second kappa shape index (κ2) is 6.19. The molecule has 1 unspecified atom stereocenters. The molecule has 1 saturated heterocycles. The van der Waals surface area contributed by atoms with Crippen molar-refractivity contribution in [3.63, 3.8) is 0 Å². The van der Waals surface area contributed by atoms with Crippen LogP contribution >= 0.6 is 0 Å². The van der Waals surface area contributed by atoms with E-state index >= 15 is 0 Å². The van der Waals surface area contributed by atoms with Gasteiger partial charge in [-0.25, -0.2) is 9.18 Å². The fraction of sp³-hybridized carbons (Fsp3) is 0.267. The summed E-state index contributed by atoms with van der Waals surface area (Å²) in [6.07, 6.45) is 1.90. The number of anilines is 2. The lowest BCUT2D eigenvalue weighted by atomic mass is 10.1. The number of hydrogen-bond donors (Lipinski definition) is 2. The summed E-state index contributed by atoms with van der Waals surface area (Å²) in [6.45, 7) is 0.411. The van der Waals surface area contributed by atoms with Crippen LogP contribution in [-0.2, 0) is 9.53 Å². The number of benzene rings is 1. The Labute approximate surface area is 136 Å². The number of hydrogen-bond acceptors (Lipinski definition) is 6. The van der Waals surface area contributed by atoms with Crippen LogP contribution in [0.3, 0.4) is 0 Å². The molecule has 8 nitrogen and oxygen atoms in total. The molecule has 1 aromatic carbocycles. The molecule has 0 spiro atoms. The zero-order valence-electron chi connectivity index (χ0n) is 12.6. The molecule has 126 valence electrons. The summed E-state index contributed by atoms with van der Waals surface area (Å²) in [5.74, 6) is -1.28. The van der Waals surface area contributed by atoms with E-state index in [-0.39, 0.29) is 12.2 Å². The molecule has 0 radical (unpaired) electrons. The van der Waals surface area contributed by atoms with Crippen molar-refractivity contribution in [2.75, 3.05) is 22.9 Å². The molecule has 2 amide bonds. The van der Waals surface area contributed by atoms with Crippen LogP contribution in [0.5, 0.6) is 0 Å². The first-order valence-electron chi connectivity index (χ1n) is 7.22. The number of carbonyl (C=O) groups is 2. The molecular weight excluding hydrogens is 319 g/mol. The first-order valence-corrected chi connectivity index (χ1v) is 7.22. The minimum atomic E-state index is -1.04. The van der Waals surface area contributed by atoms with Gasteiger partial charge in [0, 0.05) is 19.2 Å². The standard InChI is InChI=1S/C15H15FN4O4/c16-11-7-10(20-8-13(14(17)21)24-15(20)22)1-2-12(11)19-5-3-9(18-23)4-6-19/h1-3,5,7,13,23H,4,6,8H2,(H2,17,21)/b18-9+. The molecular formula is C15H15FN4O4. The Morgan fingerprint density at radius 3 is 2.79 bits per heavy atom. The van der Waals surface area contributed by atoms with E-state index in [1.54, 1.807) is 23.2 Å². The number of primary amides is 1. The number of amides is 2. The molecule has 3 N–H and O–H groups in total. The van der Waals surface area contributed by atoms with E-state index < -0.39 is 23.9 Å². The van der Waals surface area contributed by atoms with E-state index in [1.165, 1.54) is 12.1 Å². The lowest BCUT2D eigenvalue weighted by molar-refractivity contribution is -0.124. The Balaban J connectivity index is 1.81. The molecule has 1 aromatic rings. The molecule has 2 aliphatic rings. The second-order valence-corrected chi connectivity index (χ2v) is 5.37. The molecule has 0 saturated carbocycles. The number of nitrogens with zero attached hydrogens (tertiary/aromatic N) is 3. The number of nitrogens with two attached hydrogens (primary N) is 1. The molecule has 9 heteroatoms. The third-order valence-electron chi connectivity index (χ3n) is 3.87. The van der Waals surface area contributed by atoms with E-state index in [1.807, 2.05) is 0 Å². The zero-order valence-corrected chi connectivity index (χ0v) is 12.6. The van der Waals surface area contributed by atoms with Gasteiger partial charge in [-0.1, -0.05) is 5.16 Å². The number of carbonyl (C=O) groups excluding carboxylic acids is 2. The molecule has 0 aliphatic carbocycles. The average Bonchev–Trinajstić information content (AvgIpc) is 2.97. The molecule has 1 atom stereocenters. The van der Waals surface area contributed by atoms with Crippen molar-refractivity contribution < 1.29 is 23.9 Å². The second-order valence-electron chi connectivity index (χ2n) is 5.37. The normalized spacial score (nSPS) is 22.1. The van der Waals surface area contributed by atoms with E-state index in [0.717, 1.165) is 4.90 Å². The van der Waals surface area contributed by atoms with Gasteiger partial charge in [-0.3, -0.25) is 9.69 Å². The van der Waals surface area contributed by atoms with Gasteiger partial charge in [0.15, 0.2) is 6.10 Å². The van der Waals surface area contributed by atoms with E-state index in [2.05, 4.69) is 5.16 Å². The van der Waals surface area contributed by atoms with Crippen LogP contribution in [0.15, 0.2) is 35.6 Å². The van der Waals surface area contributed by atoms with Crippen LogP contribution in [0.2, 0.25) is 0 Å². The zero-order chi connectivity index (χ0) is 17.3. The summed E-state index contributed by atoms with van der Waals surface area (Å²) in [4.78, 5) is 25.7. The minimum absolute atomic E-state index is 0.0487. The molecule has 1 fully saturated rings. The van der Waals surface area contributed by atoms with Gasteiger partial charge in [0.25, 0.3) is 5.91 Å². The number of rotatable bonds is 3. The lowest BCUT2D eigenvalue weighted by Crippen LogP contribution is -2.32. The number of oxime groups is 1. The number of ether oxygens (including phenoxy) is 1. The fourth-order valence-corrected chi connectivity index (χ4v) is 2.57. The predicted molar refractivity (Wildman–Crippen MR) is 83.5 cm³/mol. The molecule has 2 aliphatic heterocycles. The van der Waals surface area contributed by atoms with Gasteiger partial charge in [-0.05, 0) is 24.3 Å². The Morgan fingerprint density at radius 1 is 1.46 bits per heavy atom. The smallest absolute Gasteiger partial charge is 0.415 e. The summed E-state index contributed by atoms with van der Waals surface area (Å²) in [5.41, 5.74) is 6.24. The third kappa shape index (κ3) is 2.87. The van der Waals surface area contributed by atoms with Gasteiger partial charge < -0.3 is 20.6 Å². The SMILES string of the molecule is NC(=O)C1CN(c2ccc(N3C=C/C(=N\O)CC3)c(F)c2)C(=O)O1. The molecule has 3 rings (SSSR count). The van der Waals surface area contributed by atoms with Crippen LogP contribution < -0.4 is 15.5 Å². The van der Waals surface area contributed by atoms with E-state index in [9.17, 15) is 14.0 Å². The fourth-order valence-electron chi connectivity index (χ4n) is 2.57. The summed E-state index contributed by atoms with van der Waals surface area (Å²) in [5, 5.41) is 11.8. The van der Waals surface area contributed by atoms with Gasteiger partial charge in [0.05, 0.1) is 23.6 Å². The van der Waals surface area contributed by atoms with Crippen molar-refractivity contribution >= 4 is 29.1 Å². The van der Waals surface area contributed by atoms with Gasteiger partial charge >= 0.3 is 6.09 Å². The van der Waals surface area contributed by atoms with Gasteiger partial charge in [0.2, 0.25) is 0 Å². The van der Waals surface area contributed by atoms with E-state index in [0.29, 0.717) is 24.4 Å². The first kappa shape index (κ1) is 15.8. The largest absolute Gasteiger partial charge is 0.434 e. The van der Waals surface area contributed by atoms with Crippen molar-refractivity contribution in [1.82, 2.24) is 0 Å². The highest BCUT2D eigenvalue weighted by Gasteiger charge is 2.36. The summed E-state index contributed by atoms with van der Waals surface area (Å²) in [6, 6.07) is 4.29. The van der Waals surface area contributed by atoms with Crippen LogP contribution in [0, 0.1) is 5.82 Å². The van der Waals surface area contributed by atoms with Crippen LogP contribution in [0.4, 0.5) is 20.6 Å². The lowest BCUT2D eigenvalue weighted by Gasteiger charge is -2.25. The van der Waals surface area contributed by atoms with Crippen molar-refractivity contribution in [3.05, 3.63) is 36.3 Å². The van der Waals surface area contributed by atoms with Crippen LogP contribution in [0.25, 0.3) is 0 Å². The van der Waals surface area contributed by atoms with Crippen molar-refractivity contribution in [1.29, 1.82) is 0 Å². The number of cyclic esters (lactones) is 1. The Hall–Kier alpha value is -3.10. The summed E-state index contributed by atoms with van der Waals surface area (Å²) >= 11 is 0. The Morgan fingerprint density at radius 2 is 2.25 bits per heavy atom. The first-order chi connectivity index (χ1) is 11.5. The highest BCUT2D eigenvalue weighted by molar-refractivity contribution is 5.97. The highest BCUT2D eigenvalue weighted by Crippen LogP contribution is 2.29. The van der Waals surface area contributed by atoms with Crippen molar-refractivity contribution in [2.45, 2.75) is 12.5 Å². The molecule has 0 aromatic heterocycles. The maximum atomic E-state index is 14.4. The van der Waals surface area contributed by atoms with Crippen LogP contribution in [0.1, 0.15) is 6.42 Å². The maximum absolute atomic E-state index is 14.4. The number of halogens is 1. The topological polar surface area (TPSA) is 108 Å². The van der Waals surface area contributed by atoms with Crippen molar-refractivity contribution in [2.24, 2.45) is 10.9 Å². The monoisotopic (exact) mass is 334 g/mol. The Kier molecular flexibility index (Phi) is 4.07. The third-order valence-corrected chi connectivity index (χ3v) is 3.87.